The van der Waals surface area contributed by atoms with E-state index in [2.05, 4.69) is 10.4 Å². The molecule has 2 heterocycles. The average Bonchev–Trinajstić information content (AvgIpc) is 3.02. The first-order chi connectivity index (χ1) is 13.0. The third-order valence-electron chi connectivity index (χ3n) is 4.59. The second-order valence-electron chi connectivity index (χ2n) is 6.64. The van der Waals surface area contributed by atoms with E-state index in [0.29, 0.717) is 25.2 Å². The van der Waals surface area contributed by atoms with Crippen LogP contribution in [0.15, 0.2) is 30.5 Å². The van der Waals surface area contributed by atoms with Crippen molar-refractivity contribution in [3.05, 3.63) is 53.1 Å². The van der Waals surface area contributed by atoms with Crippen molar-refractivity contribution in [3.63, 3.8) is 0 Å². The molecule has 0 radical (unpaired) electrons. The molecule has 7 nitrogen and oxygen atoms in total. The molecule has 0 aliphatic carbocycles. The molecular formula is C19H23FN4O3. The third-order valence-corrected chi connectivity index (χ3v) is 4.59. The maximum Gasteiger partial charge on any atom is 0.248 e. The summed E-state index contributed by atoms with van der Waals surface area (Å²) >= 11 is 0. The quantitative estimate of drug-likeness (QED) is 0.818. The minimum Gasteiger partial charge on any atom is -0.375 e. The van der Waals surface area contributed by atoms with Crippen molar-refractivity contribution < 1.29 is 18.7 Å². The minimum atomic E-state index is -0.524. The van der Waals surface area contributed by atoms with E-state index >= 15 is 0 Å². The number of rotatable bonds is 6. The van der Waals surface area contributed by atoms with Gasteiger partial charge in [-0.1, -0.05) is 12.1 Å². The van der Waals surface area contributed by atoms with Gasteiger partial charge in [-0.25, -0.2) is 4.39 Å². The SMILES string of the molecule is COCC(=O)N1Cc2cn(C)nc2[C@@H](C(=O)NCCc2ccc(F)cc2)C1. The average molecular weight is 374 g/mol. The first kappa shape index (κ1) is 19.0. The summed E-state index contributed by atoms with van der Waals surface area (Å²) < 4.78 is 19.5. The van der Waals surface area contributed by atoms with Gasteiger partial charge >= 0.3 is 0 Å². The topological polar surface area (TPSA) is 76.5 Å². The summed E-state index contributed by atoms with van der Waals surface area (Å²) in [4.78, 5) is 26.6. The zero-order chi connectivity index (χ0) is 19.4. The highest BCUT2D eigenvalue weighted by Crippen LogP contribution is 2.27. The molecule has 1 N–H and O–H groups in total. The van der Waals surface area contributed by atoms with Gasteiger partial charge in [0.1, 0.15) is 12.4 Å². The zero-order valence-electron chi connectivity index (χ0n) is 15.4. The van der Waals surface area contributed by atoms with Gasteiger partial charge in [0.05, 0.1) is 11.6 Å². The lowest BCUT2D eigenvalue weighted by Gasteiger charge is -2.31. The molecule has 8 heteroatoms. The van der Waals surface area contributed by atoms with Gasteiger partial charge in [-0.05, 0) is 24.1 Å². The summed E-state index contributed by atoms with van der Waals surface area (Å²) in [6.07, 6.45) is 2.43. The van der Waals surface area contributed by atoms with Crippen LogP contribution in [0.1, 0.15) is 22.7 Å². The first-order valence-corrected chi connectivity index (χ1v) is 8.79. The molecule has 2 aromatic rings. The maximum atomic E-state index is 13.0. The molecule has 1 aromatic carbocycles. The number of nitrogens with zero attached hydrogens (tertiary/aromatic N) is 3. The standard InChI is InChI=1S/C19H23FN4O3/c1-23-9-14-10-24(17(25)12-27-2)11-16(18(14)22-23)19(26)21-8-7-13-3-5-15(20)6-4-13/h3-6,9,16H,7-8,10-12H2,1-2H3,(H,21,26)/t16-/m0/s1. The predicted molar refractivity (Wildman–Crippen MR) is 96.4 cm³/mol. The van der Waals surface area contributed by atoms with Gasteiger partial charge < -0.3 is 15.0 Å². The molecule has 1 aromatic heterocycles. The summed E-state index contributed by atoms with van der Waals surface area (Å²) in [5.41, 5.74) is 2.51. The number of carbonyl (C=O) groups is 2. The van der Waals surface area contributed by atoms with E-state index in [1.807, 2.05) is 6.20 Å². The third kappa shape index (κ3) is 4.51. The Bertz CT molecular complexity index is 819. The molecule has 0 spiro atoms. The zero-order valence-corrected chi connectivity index (χ0v) is 15.4. The monoisotopic (exact) mass is 374 g/mol. The lowest BCUT2D eigenvalue weighted by Crippen LogP contribution is -2.45. The van der Waals surface area contributed by atoms with E-state index in [4.69, 9.17) is 4.74 Å². The Hall–Kier alpha value is -2.74. The summed E-state index contributed by atoms with van der Waals surface area (Å²) in [6.45, 7) is 1.10. The molecule has 27 heavy (non-hydrogen) atoms. The molecule has 0 saturated carbocycles. The Morgan fingerprint density at radius 3 is 2.78 bits per heavy atom. The van der Waals surface area contributed by atoms with Gasteiger partial charge in [-0.3, -0.25) is 14.3 Å². The molecule has 0 bridgehead atoms. The Labute approximate surface area is 157 Å². The van der Waals surface area contributed by atoms with Crippen molar-refractivity contribution in [1.29, 1.82) is 0 Å². The van der Waals surface area contributed by atoms with Crippen LogP contribution in [0, 0.1) is 5.82 Å². The van der Waals surface area contributed by atoms with Crippen molar-refractivity contribution in [3.8, 4) is 0 Å². The molecule has 144 valence electrons. The molecular weight excluding hydrogens is 351 g/mol. The Kier molecular flexibility index (Phi) is 5.85. The summed E-state index contributed by atoms with van der Waals surface area (Å²) in [6, 6.07) is 6.20. The summed E-state index contributed by atoms with van der Waals surface area (Å²) in [7, 11) is 3.26. The van der Waals surface area contributed by atoms with E-state index in [9.17, 15) is 14.0 Å². The molecule has 0 saturated heterocycles. The Morgan fingerprint density at radius 2 is 2.07 bits per heavy atom. The fourth-order valence-corrected chi connectivity index (χ4v) is 3.26. The van der Waals surface area contributed by atoms with E-state index in [0.717, 1.165) is 11.1 Å². The van der Waals surface area contributed by atoms with Crippen LogP contribution in [-0.4, -0.2) is 53.3 Å². The highest BCUT2D eigenvalue weighted by atomic mass is 19.1. The fraction of sp³-hybridized carbons (Fsp3) is 0.421. The molecule has 2 amide bonds. The van der Waals surface area contributed by atoms with Crippen LogP contribution in [0.3, 0.4) is 0 Å². The predicted octanol–water partition coefficient (Wildman–Crippen LogP) is 0.990. The van der Waals surface area contributed by atoms with Crippen molar-refractivity contribution >= 4 is 11.8 Å². The van der Waals surface area contributed by atoms with Gasteiger partial charge in [0.25, 0.3) is 0 Å². The maximum absolute atomic E-state index is 13.0. The normalized spacial score (nSPS) is 16.1. The number of ether oxygens (including phenoxy) is 1. The van der Waals surface area contributed by atoms with Crippen LogP contribution in [0.2, 0.25) is 0 Å². The van der Waals surface area contributed by atoms with Crippen molar-refractivity contribution in [1.82, 2.24) is 20.0 Å². The van der Waals surface area contributed by atoms with Crippen LogP contribution < -0.4 is 5.32 Å². The largest absolute Gasteiger partial charge is 0.375 e. The lowest BCUT2D eigenvalue weighted by atomic mass is 9.95. The van der Waals surface area contributed by atoms with Crippen LogP contribution in [-0.2, 0) is 34.3 Å². The van der Waals surface area contributed by atoms with Crippen LogP contribution in [0.5, 0.6) is 0 Å². The van der Waals surface area contributed by atoms with Crippen molar-refractivity contribution in [2.45, 2.75) is 18.9 Å². The Balaban J connectivity index is 1.66. The van der Waals surface area contributed by atoms with Gasteiger partial charge in [-0.15, -0.1) is 0 Å². The van der Waals surface area contributed by atoms with Crippen LogP contribution in [0.25, 0.3) is 0 Å². The van der Waals surface area contributed by atoms with Gasteiger partial charge in [0, 0.05) is 45.6 Å². The number of fused-ring (bicyclic) bond motifs is 1. The second-order valence-corrected chi connectivity index (χ2v) is 6.64. The van der Waals surface area contributed by atoms with Gasteiger partial charge in [0.15, 0.2) is 0 Å². The number of carbonyl (C=O) groups excluding carboxylic acids is 2. The van der Waals surface area contributed by atoms with E-state index in [1.54, 1.807) is 28.8 Å². The number of methoxy groups -OCH3 is 1. The van der Waals surface area contributed by atoms with E-state index in [1.165, 1.54) is 19.2 Å². The number of amides is 2. The van der Waals surface area contributed by atoms with Crippen molar-refractivity contribution in [2.75, 3.05) is 26.8 Å². The summed E-state index contributed by atoms with van der Waals surface area (Å²) in [5, 5.41) is 7.32. The smallest absolute Gasteiger partial charge is 0.248 e. The fourth-order valence-electron chi connectivity index (χ4n) is 3.26. The number of hydrogen-bond acceptors (Lipinski definition) is 4. The van der Waals surface area contributed by atoms with E-state index in [-0.39, 0.29) is 30.8 Å². The molecule has 3 rings (SSSR count). The number of hydrogen-bond donors (Lipinski definition) is 1. The number of halogens is 1. The van der Waals surface area contributed by atoms with Gasteiger partial charge in [0.2, 0.25) is 11.8 Å². The molecule has 0 fully saturated rings. The second kappa shape index (κ2) is 8.30. The highest BCUT2D eigenvalue weighted by Gasteiger charge is 2.34. The molecule has 0 unspecified atom stereocenters. The first-order valence-electron chi connectivity index (χ1n) is 8.79. The number of benzene rings is 1. The number of aryl methyl sites for hydroxylation is 1. The van der Waals surface area contributed by atoms with Crippen LogP contribution >= 0.6 is 0 Å². The summed E-state index contributed by atoms with van der Waals surface area (Å²) in [5.74, 6) is -1.14. The molecule has 1 aliphatic heterocycles. The van der Waals surface area contributed by atoms with E-state index < -0.39 is 5.92 Å². The molecule has 1 aliphatic rings. The highest BCUT2D eigenvalue weighted by molar-refractivity contribution is 5.86. The van der Waals surface area contributed by atoms with Crippen LogP contribution in [0.4, 0.5) is 4.39 Å². The minimum absolute atomic E-state index is 0.0193. The molecule has 1 atom stereocenters. The number of aromatic nitrogens is 2. The number of nitrogens with one attached hydrogen (secondary N) is 1. The Morgan fingerprint density at radius 1 is 1.33 bits per heavy atom. The van der Waals surface area contributed by atoms with Gasteiger partial charge in [-0.2, -0.15) is 5.10 Å². The van der Waals surface area contributed by atoms with Crippen molar-refractivity contribution in [2.24, 2.45) is 7.05 Å². The lowest BCUT2D eigenvalue weighted by molar-refractivity contribution is -0.137.